The molecule has 1 aliphatic carbocycles. The van der Waals surface area contributed by atoms with E-state index in [2.05, 4.69) is 15.5 Å². The molecule has 3 aromatic rings. The van der Waals surface area contributed by atoms with Crippen molar-refractivity contribution in [2.24, 2.45) is 0 Å². The van der Waals surface area contributed by atoms with Crippen LogP contribution in [-0.4, -0.2) is 41.0 Å². The number of nitrogens with one attached hydrogen (secondary N) is 2. The fourth-order valence-corrected chi connectivity index (χ4v) is 3.71. The van der Waals surface area contributed by atoms with Crippen molar-refractivity contribution in [1.29, 1.82) is 0 Å². The van der Waals surface area contributed by atoms with Gasteiger partial charge in [-0.1, -0.05) is 30.3 Å². The van der Waals surface area contributed by atoms with Crippen molar-refractivity contribution < 1.29 is 19.1 Å². The highest BCUT2D eigenvalue weighted by molar-refractivity contribution is 6.04. The van der Waals surface area contributed by atoms with Gasteiger partial charge in [-0.05, 0) is 48.9 Å². The van der Waals surface area contributed by atoms with E-state index >= 15 is 0 Å². The van der Waals surface area contributed by atoms with Crippen LogP contribution in [0.1, 0.15) is 51.2 Å². The fourth-order valence-electron chi connectivity index (χ4n) is 3.71. The van der Waals surface area contributed by atoms with Crippen molar-refractivity contribution in [3.63, 3.8) is 0 Å². The maximum absolute atomic E-state index is 12.3. The van der Waals surface area contributed by atoms with Crippen molar-refractivity contribution in [3.05, 3.63) is 64.8 Å². The third-order valence-electron chi connectivity index (χ3n) is 5.33. The van der Waals surface area contributed by atoms with Gasteiger partial charge in [-0.3, -0.25) is 19.5 Å². The molecule has 4 rings (SSSR count). The summed E-state index contributed by atoms with van der Waals surface area (Å²) < 4.78 is 5.08. The van der Waals surface area contributed by atoms with Gasteiger partial charge in [-0.15, -0.1) is 0 Å². The molecule has 1 aliphatic rings. The second kappa shape index (κ2) is 8.90. The second-order valence-corrected chi connectivity index (χ2v) is 7.40. The fraction of sp³-hybridized carbons (Fsp3) is 0.304. The Balaban J connectivity index is 1.23. The van der Waals surface area contributed by atoms with Crippen LogP contribution in [0.2, 0.25) is 0 Å². The number of fused-ring (bicyclic) bond motifs is 2. The first kappa shape index (κ1) is 19.8. The van der Waals surface area contributed by atoms with Crippen LogP contribution in [0, 0.1) is 0 Å². The molecule has 0 radical (unpaired) electrons. The number of aryl methyl sites for hydroxylation is 2. The molecule has 0 unspecified atom stereocenters. The molecule has 0 saturated carbocycles. The van der Waals surface area contributed by atoms with Gasteiger partial charge in [-0.2, -0.15) is 5.10 Å². The summed E-state index contributed by atoms with van der Waals surface area (Å²) in [5, 5.41) is 10.2. The molecule has 2 aromatic carbocycles. The minimum Gasteiger partial charge on any atom is -0.457 e. The van der Waals surface area contributed by atoms with E-state index in [1.54, 1.807) is 12.1 Å². The van der Waals surface area contributed by atoms with Crippen LogP contribution < -0.4 is 5.32 Å². The number of aromatic amines is 1. The van der Waals surface area contributed by atoms with Crippen molar-refractivity contribution in [2.45, 2.75) is 32.1 Å². The van der Waals surface area contributed by atoms with E-state index < -0.39 is 5.97 Å². The highest BCUT2D eigenvalue weighted by Gasteiger charge is 2.16. The largest absolute Gasteiger partial charge is 0.457 e. The molecule has 7 heteroatoms. The van der Waals surface area contributed by atoms with Gasteiger partial charge in [0.2, 0.25) is 0 Å². The van der Waals surface area contributed by atoms with E-state index in [-0.39, 0.29) is 37.0 Å². The average Bonchev–Trinajstić information content (AvgIpc) is 3.21. The van der Waals surface area contributed by atoms with E-state index in [0.717, 1.165) is 24.8 Å². The number of para-hydroxylation sites is 1. The van der Waals surface area contributed by atoms with Gasteiger partial charge in [0.15, 0.2) is 18.1 Å². The van der Waals surface area contributed by atoms with Gasteiger partial charge >= 0.3 is 5.97 Å². The Hall–Kier alpha value is -3.48. The van der Waals surface area contributed by atoms with Crippen LogP contribution in [0.4, 0.5) is 0 Å². The van der Waals surface area contributed by atoms with Crippen molar-refractivity contribution >= 4 is 28.6 Å². The Morgan fingerprint density at radius 2 is 1.83 bits per heavy atom. The highest BCUT2D eigenvalue weighted by Crippen LogP contribution is 2.22. The van der Waals surface area contributed by atoms with Gasteiger partial charge in [0.1, 0.15) is 0 Å². The zero-order valence-electron chi connectivity index (χ0n) is 16.6. The number of hydrogen-bond donors (Lipinski definition) is 2. The zero-order chi connectivity index (χ0) is 20.9. The number of ketones is 1. The topological polar surface area (TPSA) is 101 Å². The summed E-state index contributed by atoms with van der Waals surface area (Å²) in [7, 11) is 0. The number of hydrogen-bond acceptors (Lipinski definition) is 5. The Labute approximate surface area is 173 Å². The summed E-state index contributed by atoms with van der Waals surface area (Å²) in [5.74, 6) is -1.12. The number of benzene rings is 2. The van der Waals surface area contributed by atoms with Crippen LogP contribution in [-0.2, 0) is 22.4 Å². The third-order valence-corrected chi connectivity index (χ3v) is 5.33. The number of esters is 1. The van der Waals surface area contributed by atoms with Crippen LogP contribution in [0.3, 0.4) is 0 Å². The summed E-state index contributed by atoms with van der Waals surface area (Å²) >= 11 is 0. The lowest BCUT2D eigenvalue weighted by Crippen LogP contribution is -2.27. The number of nitrogens with zero attached hydrogens (tertiary/aromatic N) is 1. The number of Topliss-reactive ketones (excluding diaryl/α,β-unsaturated/α-hetero) is 1. The molecular formula is C23H23N3O4. The molecule has 0 spiro atoms. The predicted molar refractivity (Wildman–Crippen MR) is 111 cm³/mol. The van der Waals surface area contributed by atoms with E-state index in [9.17, 15) is 14.4 Å². The lowest BCUT2D eigenvalue weighted by molar-refractivity contribution is -0.142. The second-order valence-electron chi connectivity index (χ2n) is 7.40. The molecule has 1 heterocycles. The van der Waals surface area contributed by atoms with Crippen LogP contribution in [0.25, 0.3) is 10.9 Å². The van der Waals surface area contributed by atoms with Gasteiger partial charge in [0, 0.05) is 17.5 Å². The minimum absolute atomic E-state index is 0.0223. The molecule has 0 atom stereocenters. The van der Waals surface area contributed by atoms with Crippen molar-refractivity contribution in [1.82, 2.24) is 15.5 Å². The monoisotopic (exact) mass is 405 g/mol. The molecule has 0 aliphatic heterocycles. The van der Waals surface area contributed by atoms with E-state index in [1.807, 2.05) is 30.3 Å². The van der Waals surface area contributed by atoms with Crippen LogP contribution in [0.15, 0.2) is 42.5 Å². The van der Waals surface area contributed by atoms with Crippen molar-refractivity contribution in [2.75, 3.05) is 13.2 Å². The highest BCUT2D eigenvalue weighted by atomic mass is 16.5. The zero-order valence-corrected chi connectivity index (χ0v) is 16.6. The van der Waals surface area contributed by atoms with Crippen LogP contribution >= 0.6 is 0 Å². The standard InChI is InChI=1S/C23H23N3O4/c27-20(17-10-9-15-5-1-2-6-16(15)13-17)14-30-21(28)11-12-24-23(29)22-18-7-3-4-8-19(18)25-26-22/h3-4,7-10,13H,1-2,5-6,11-12,14H2,(H,24,29)(H,25,26). The molecule has 7 nitrogen and oxygen atoms in total. The Morgan fingerprint density at radius 1 is 1.03 bits per heavy atom. The Kier molecular flexibility index (Phi) is 5.88. The Bertz CT molecular complexity index is 1100. The Morgan fingerprint density at radius 3 is 2.70 bits per heavy atom. The molecule has 30 heavy (non-hydrogen) atoms. The van der Waals surface area contributed by atoms with E-state index in [1.165, 1.54) is 17.5 Å². The summed E-state index contributed by atoms with van der Waals surface area (Å²) in [6.45, 7) is -0.193. The average molecular weight is 405 g/mol. The number of carbonyl (C=O) groups is 3. The number of ether oxygens (including phenoxy) is 1. The summed E-state index contributed by atoms with van der Waals surface area (Å²) in [6.07, 6.45) is 4.34. The third kappa shape index (κ3) is 4.40. The van der Waals surface area contributed by atoms with Gasteiger partial charge in [-0.25, -0.2) is 0 Å². The van der Waals surface area contributed by atoms with E-state index in [0.29, 0.717) is 10.9 Å². The molecule has 0 fully saturated rings. The number of carbonyl (C=O) groups excluding carboxylic acids is 3. The van der Waals surface area contributed by atoms with Gasteiger partial charge in [0.25, 0.3) is 5.91 Å². The molecule has 1 amide bonds. The minimum atomic E-state index is -0.534. The lowest BCUT2D eigenvalue weighted by Gasteiger charge is -2.16. The first-order valence-electron chi connectivity index (χ1n) is 10.1. The number of H-pyrrole nitrogens is 1. The lowest BCUT2D eigenvalue weighted by atomic mass is 9.90. The number of rotatable bonds is 7. The van der Waals surface area contributed by atoms with E-state index in [4.69, 9.17) is 4.74 Å². The van der Waals surface area contributed by atoms with Gasteiger partial charge in [0.05, 0.1) is 11.9 Å². The predicted octanol–water partition coefficient (Wildman–Crippen LogP) is 2.99. The maximum Gasteiger partial charge on any atom is 0.308 e. The summed E-state index contributed by atoms with van der Waals surface area (Å²) in [4.78, 5) is 36.6. The normalized spacial score (nSPS) is 12.9. The molecule has 0 bridgehead atoms. The van der Waals surface area contributed by atoms with Crippen LogP contribution in [0.5, 0.6) is 0 Å². The quantitative estimate of drug-likeness (QED) is 0.465. The first-order valence-corrected chi connectivity index (χ1v) is 10.1. The molecule has 0 saturated heterocycles. The van der Waals surface area contributed by atoms with Gasteiger partial charge < -0.3 is 10.1 Å². The molecular weight excluding hydrogens is 382 g/mol. The first-order chi connectivity index (χ1) is 14.6. The SMILES string of the molecule is O=C(CCNC(=O)c1n[nH]c2ccccc12)OCC(=O)c1ccc2c(c1)CCCC2. The number of amides is 1. The smallest absolute Gasteiger partial charge is 0.308 e. The molecule has 2 N–H and O–H groups in total. The summed E-state index contributed by atoms with van der Waals surface area (Å²) in [5.41, 5.74) is 4.13. The molecule has 1 aromatic heterocycles. The number of aromatic nitrogens is 2. The maximum atomic E-state index is 12.3. The summed E-state index contributed by atoms with van der Waals surface area (Å²) in [6, 6.07) is 13.0. The van der Waals surface area contributed by atoms with Crippen molar-refractivity contribution in [3.8, 4) is 0 Å². The molecule has 154 valence electrons.